The number of benzene rings is 1. The van der Waals surface area contributed by atoms with Gasteiger partial charge in [0.15, 0.2) is 0 Å². The van der Waals surface area contributed by atoms with Gasteiger partial charge < -0.3 is 20.2 Å². The number of rotatable bonds is 8. The predicted molar refractivity (Wildman–Crippen MR) is 153 cm³/mol. The van der Waals surface area contributed by atoms with Crippen LogP contribution in [0.15, 0.2) is 34.0 Å². The number of thioether (sulfide) groups is 1. The van der Waals surface area contributed by atoms with Gasteiger partial charge in [-0.05, 0) is 82.9 Å². The molecule has 1 amide bonds. The summed E-state index contributed by atoms with van der Waals surface area (Å²) in [7, 11) is 0. The molecule has 5 rings (SSSR count). The number of aryl methyl sites for hydroxylation is 1. The van der Waals surface area contributed by atoms with Crippen LogP contribution in [-0.4, -0.2) is 39.7 Å². The highest BCUT2D eigenvalue weighted by Crippen LogP contribution is 2.41. The highest BCUT2D eigenvalue weighted by Gasteiger charge is 2.46. The normalized spacial score (nSPS) is 21.8. The molecular weight excluding hydrogens is 537 g/mol. The van der Waals surface area contributed by atoms with E-state index in [9.17, 15) is 22.8 Å². The highest BCUT2D eigenvalue weighted by atomic mass is 32.2. The van der Waals surface area contributed by atoms with Gasteiger partial charge in [-0.3, -0.25) is 9.59 Å². The standard InChI is InChI=1S/C30H37F3N4O2S/c1-16-11-26(40-4)24(28(38)35-16)15-34-29(39)27-18(3)37(25-10-7-20(31)12-23(25)27)17(2)19-5-8-21(9-6-19)36-22-13-30(32,33)14-22/h7,10-12,17,19,21-22,36H,5-6,8-9,13-15H2,1-4H3,(H,34,39)(H,35,38). The third-order valence-electron chi connectivity index (χ3n) is 8.74. The second-order valence-electron chi connectivity index (χ2n) is 11.5. The number of hydrogen-bond acceptors (Lipinski definition) is 4. The zero-order valence-corrected chi connectivity index (χ0v) is 24.2. The summed E-state index contributed by atoms with van der Waals surface area (Å²) in [6.07, 6.45) is 5.46. The van der Waals surface area contributed by atoms with Crippen molar-refractivity contribution in [1.82, 2.24) is 20.2 Å². The van der Waals surface area contributed by atoms with Crippen LogP contribution in [0.5, 0.6) is 0 Å². The molecular formula is C30H37F3N4O2S. The summed E-state index contributed by atoms with van der Waals surface area (Å²) in [6.45, 7) is 5.90. The molecule has 216 valence electrons. The Bertz CT molecular complexity index is 1470. The lowest BCUT2D eigenvalue weighted by atomic mass is 9.80. The first-order valence-corrected chi connectivity index (χ1v) is 15.2. The minimum Gasteiger partial charge on any atom is -0.348 e. The van der Waals surface area contributed by atoms with E-state index in [-0.39, 0.29) is 49.0 Å². The molecule has 6 nitrogen and oxygen atoms in total. The van der Waals surface area contributed by atoms with Crippen molar-refractivity contribution in [2.45, 2.75) is 94.8 Å². The maximum absolute atomic E-state index is 14.4. The quantitative estimate of drug-likeness (QED) is 0.278. The van der Waals surface area contributed by atoms with E-state index in [0.29, 0.717) is 22.4 Å². The minimum absolute atomic E-state index is 0.0611. The molecule has 2 aromatic heterocycles. The number of hydrogen-bond donors (Lipinski definition) is 3. The summed E-state index contributed by atoms with van der Waals surface area (Å²) in [5.41, 5.74) is 2.97. The van der Waals surface area contributed by atoms with Crippen molar-refractivity contribution in [2.24, 2.45) is 5.92 Å². The number of alkyl halides is 2. The van der Waals surface area contributed by atoms with Crippen LogP contribution in [0.25, 0.3) is 10.9 Å². The van der Waals surface area contributed by atoms with Gasteiger partial charge in [-0.15, -0.1) is 11.8 Å². The second-order valence-corrected chi connectivity index (χ2v) is 12.3. The number of amides is 1. The summed E-state index contributed by atoms with van der Waals surface area (Å²) in [5, 5.41) is 6.86. The van der Waals surface area contributed by atoms with Crippen molar-refractivity contribution in [2.75, 3.05) is 6.26 Å². The lowest BCUT2D eigenvalue weighted by molar-refractivity contribution is -0.0957. The summed E-state index contributed by atoms with van der Waals surface area (Å²) >= 11 is 1.45. The van der Waals surface area contributed by atoms with Crippen LogP contribution in [0.4, 0.5) is 13.2 Å². The van der Waals surface area contributed by atoms with Crippen LogP contribution < -0.4 is 16.2 Å². The first kappa shape index (κ1) is 28.8. The Labute approximate surface area is 236 Å². The molecule has 2 aliphatic carbocycles. The molecule has 2 heterocycles. The van der Waals surface area contributed by atoms with E-state index in [0.717, 1.165) is 47.5 Å². The van der Waals surface area contributed by atoms with Gasteiger partial charge in [-0.2, -0.15) is 0 Å². The third kappa shape index (κ3) is 5.70. The molecule has 0 aliphatic heterocycles. The van der Waals surface area contributed by atoms with Gasteiger partial charge in [0, 0.05) is 70.3 Å². The van der Waals surface area contributed by atoms with Crippen LogP contribution in [0.3, 0.4) is 0 Å². The van der Waals surface area contributed by atoms with Gasteiger partial charge in [0.2, 0.25) is 0 Å². The Balaban J connectivity index is 1.35. The second kappa shape index (κ2) is 11.3. The lowest BCUT2D eigenvalue weighted by Crippen LogP contribution is -2.52. The van der Waals surface area contributed by atoms with E-state index in [4.69, 9.17) is 0 Å². The molecule has 1 aromatic carbocycles. The Morgan fingerprint density at radius 2 is 1.85 bits per heavy atom. The number of H-pyrrole nitrogens is 1. The average Bonchev–Trinajstić information content (AvgIpc) is 3.17. The lowest BCUT2D eigenvalue weighted by Gasteiger charge is -2.41. The van der Waals surface area contributed by atoms with E-state index in [2.05, 4.69) is 27.1 Å². The minimum atomic E-state index is -2.52. The molecule has 3 aromatic rings. The summed E-state index contributed by atoms with van der Waals surface area (Å²) in [5.74, 6) is -2.95. The molecule has 0 saturated heterocycles. The summed E-state index contributed by atoms with van der Waals surface area (Å²) in [4.78, 5) is 29.7. The summed E-state index contributed by atoms with van der Waals surface area (Å²) in [6, 6.07) is 6.65. The number of nitrogens with zero attached hydrogens (tertiary/aromatic N) is 1. The van der Waals surface area contributed by atoms with Gasteiger partial charge in [0.25, 0.3) is 17.4 Å². The third-order valence-corrected chi connectivity index (χ3v) is 9.54. The molecule has 3 N–H and O–H groups in total. The molecule has 0 radical (unpaired) electrons. The van der Waals surface area contributed by atoms with Crippen LogP contribution in [0.1, 0.15) is 78.8 Å². The van der Waals surface area contributed by atoms with Crippen LogP contribution in [-0.2, 0) is 6.54 Å². The van der Waals surface area contributed by atoms with Crippen molar-refractivity contribution >= 4 is 28.6 Å². The van der Waals surface area contributed by atoms with E-state index in [1.165, 1.54) is 23.9 Å². The average molecular weight is 575 g/mol. The van der Waals surface area contributed by atoms with Gasteiger partial charge >= 0.3 is 0 Å². The van der Waals surface area contributed by atoms with E-state index >= 15 is 0 Å². The molecule has 2 fully saturated rings. The Morgan fingerprint density at radius 1 is 1.15 bits per heavy atom. The zero-order valence-electron chi connectivity index (χ0n) is 23.4. The predicted octanol–water partition coefficient (Wildman–Crippen LogP) is 6.24. The molecule has 10 heteroatoms. The Hall–Kier alpha value is -2.72. The SMILES string of the molecule is CSc1cc(C)[nH]c(=O)c1CNC(=O)c1c(C)n(C(C)C2CCC(NC3CC(F)(F)C3)CC2)c2ccc(F)cc12. The highest BCUT2D eigenvalue weighted by molar-refractivity contribution is 7.98. The first-order valence-electron chi connectivity index (χ1n) is 14.0. The van der Waals surface area contributed by atoms with Gasteiger partial charge in [-0.1, -0.05) is 0 Å². The van der Waals surface area contributed by atoms with Gasteiger partial charge in [0.1, 0.15) is 5.82 Å². The fourth-order valence-electron chi connectivity index (χ4n) is 6.61. The van der Waals surface area contributed by atoms with Crippen molar-refractivity contribution in [1.29, 1.82) is 0 Å². The van der Waals surface area contributed by atoms with Crippen LogP contribution >= 0.6 is 11.8 Å². The first-order chi connectivity index (χ1) is 19.0. The van der Waals surface area contributed by atoms with Crippen LogP contribution in [0.2, 0.25) is 0 Å². The van der Waals surface area contributed by atoms with E-state index in [1.807, 2.05) is 26.2 Å². The maximum Gasteiger partial charge on any atom is 0.254 e. The van der Waals surface area contributed by atoms with E-state index < -0.39 is 11.7 Å². The molecule has 2 saturated carbocycles. The zero-order chi connectivity index (χ0) is 28.8. The van der Waals surface area contributed by atoms with Crippen molar-refractivity contribution in [3.8, 4) is 0 Å². The van der Waals surface area contributed by atoms with Gasteiger partial charge in [0.05, 0.1) is 5.56 Å². The molecule has 40 heavy (non-hydrogen) atoms. The smallest absolute Gasteiger partial charge is 0.254 e. The summed E-state index contributed by atoms with van der Waals surface area (Å²) < 4.78 is 43.0. The van der Waals surface area contributed by atoms with Crippen molar-refractivity contribution in [3.05, 3.63) is 63.0 Å². The van der Waals surface area contributed by atoms with Gasteiger partial charge in [-0.25, -0.2) is 13.2 Å². The number of halogens is 3. The van der Waals surface area contributed by atoms with E-state index in [1.54, 1.807) is 6.07 Å². The molecule has 1 atom stereocenters. The number of aromatic amines is 1. The molecule has 0 spiro atoms. The number of fused-ring (bicyclic) bond motifs is 1. The van der Waals surface area contributed by atoms with Crippen molar-refractivity contribution in [3.63, 3.8) is 0 Å². The molecule has 1 unspecified atom stereocenters. The number of pyridine rings is 1. The fraction of sp³-hybridized carbons (Fsp3) is 0.533. The Morgan fingerprint density at radius 3 is 2.50 bits per heavy atom. The monoisotopic (exact) mass is 574 g/mol. The van der Waals surface area contributed by atoms with Crippen molar-refractivity contribution < 1.29 is 18.0 Å². The number of carbonyl (C=O) groups excluding carboxylic acids is 1. The molecule has 0 bridgehead atoms. The maximum atomic E-state index is 14.4. The number of nitrogens with one attached hydrogen (secondary N) is 3. The number of aromatic nitrogens is 2. The van der Waals surface area contributed by atoms with Crippen LogP contribution in [0, 0.1) is 25.6 Å². The Kier molecular flexibility index (Phi) is 8.12. The molecule has 2 aliphatic rings. The topological polar surface area (TPSA) is 78.9 Å². The largest absolute Gasteiger partial charge is 0.348 e. The fourth-order valence-corrected chi connectivity index (χ4v) is 7.32. The number of carbonyl (C=O) groups is 1.